The lowest BCUT2D eigenvalue weighted by Gasteiger charge is -2.35. The number of rotatable bonds is 23. The molecule has 19 N–H and O–H groups in total. The van der Waals surface area contributed by atoms with Gasteiger partial charge in [0.25, 0.3) is 0 Å². The highest BCUT2D eigenvalue weighted by Gasteiger charge is 2.49. The summed E-state index contributed by atoms with van der Waals surface area (Å²) in [6.45, 7) is 6.98. The van der Waals surface area contributed by atoms with Crippen LogP contribution in [0.25, 0.3) is 0 Å². The van der Waals surface area contributed by atoms with Crippen LogP contribution in [0.4, 0.5) is 0 Å². The van der Waals surface area contributed by atoms with Gasteiger partial charge < -0.3 is 89.3 Å². The summed E-state index contributed by atoms with van der Waals surface area (Å²) < 4.78 is 0. The highest BCUT2D eigenvalue weighted by molar-refractivity contribution is 5.98. The van der Waals surface area contributed by atoms with E-state index in [0.717, 1.165) is 54.7 Å². The number of unbranched alkanes of at least 4 members (excludes halogenated alkanes) is 5. The largest absolute Gasteiger partial charge is 0.508 e. The molecule has 0 radical (unpaired) electrons. The van der Waals surface area contributed by atoms with Crippen molar-refractivity contribution >= 4 is 41.4 Å². The zero-order chi connectivity index (χ0) is 57.1. The maximum Gasteiger partial charge on any atom is 0.248 e. The lowest BCUT2D eigenvalue weighted by Crippen LogP contribution is -2.65. The number of phenolic OH excluding ortho intramolecular Hbond substituents is 1. The van der Waals surface area contributed by atoms with Gasteiger partial charge in [-0.25, -0.2) is 0 Å². The molecule has 3 heterocycles. The molecule has 0 bridgehead atoms. The van der Waals surface area contributed by atoms with Gasteiger partial charge in [-0.3, -0.25) is 38.9 Å². The highest BCUT2D eigenvalue weighted by atomic mass is 16.3. The van der Waals surface area contributed by atoms with E-state index in [9.17, 15) is 69.3 Å². The number of amides is 7. The topological polar surface area (TPSA) is 418 Å². The first-order chi connectivity index (χ1) is 36.5. The predicted molar refractivity (Wildman–Crippen MR) is 282 cm³/mol. The Hall–Kier alpha value is -5.09. The Labute approximate surface area is 451 Å². The molecule has 1 aromatic rings. The number of aromatic hydroxyl groups is 1. The molecule has 4 rings (SSSR count). The normalized spacial score (nSPS) is 28.6. The van der Waals surface area contributed by atoms with Crippen LogP contribution in [-0.2, 0) is 33.6 Å². The number of nitrogens with two attached hydrogens (primary N) is 3. The van der Waals surface area contributed by atoms with Gasteiger partial charge >= 0.3 is 0 Å². The molecule has 0 saturated carbocycles. The lowest BCUT2D eigenvalue weighted by atomic mass is 9.91. The van der Waals surface area contributed by atoms with Crippen molar-refractivity contribution in [3.05, 3.63) is 29.8 Å². The van der Waals surface area contributed by atoms with Crippen LogP contribution in [0.1, 0.15) is 129 Å². The summed E-state index contributed by atoms with van der Waals surface area (Å²) in [5, 5.41) is 93.1. The molecule has 0 aliphatic carbocycles. The van der Waals surface area contributed by atoms with E-state index in [0.29, 0.717) is 18.3 Å². The Kier molecular flexibility index (Phi) is 26.4. The quantitative estimate of drug-likeness (QED) is 0.0476. The van der Waals surface area contributed by atoms with E-state index >= 15 is 0 Å². The van der Waals surface area contributed by atoms with Crippen LogP contribution < -0.4 is 49.1 Å². The number of fused-ring (bicyclic) bond motifs is 2. The van der Waals surface area contributed by atoms with Gasteiger partial charge in [0.15, 0.2) is 0 Å². The van der Waals surface area contributed by atoms with Crippen molar-refractivity contribution in [2.45, 2.75) is 203 Å². The first-order valence-corrected chi connectivity index (χ1v) is 27.4. The molecule has 3 fully saturated rings. The average molecular weight is 1090 g/mol. The summed E-state index contributed by atoms with van der Waals surface area (Å²) in [7, 11) is 0. The first-order valence-electron chi connectivity index (χ1n) is 27.4. The Morgan fingerprint density at radius 3 is 2.00 bits per heavy atom. The van der Waals surface area contributed by atoms with Gasteiger partial charge in [0.1, 0.15) is 54.2 Å². The monoisotopic (exact) mass is 1090 g/mol. The minimum Gasteiger partial charge on any atom is -0.508 e. The van der Waals surface area contributed by atoms with E-state index in [1.165, 1.54) is 37.6 Å². The van der Waals surface area contributed by atoms with Gasteiger partial charge in [-0.05, 0) is 75.1 Å². The van der Waals surface area contributed by atoms with Crippen LogP contribution in [0.15, 0.2) is 24.3 Å². The van der Waals surface area contributed by atoms with E-state index in [1.54, 1.807) is 0 Å². The number of nitrogens with one attached hydrogen (secondary N) is 6. The number of aliphatic hydroxyl groups is 6. The van der Waals surface area contributed by atoms with Crippen molar-refractivity contribution in [3.63, 3.8) is 0 Å². The highest BCUT2D eigenvalue weighted by Crippen LogP contribution is 2.27. The molecule has 436 valence electrons. The van der Waals surface area contributed by atoms with E-state index in [1.807, 2.05) is 0 Å². The molecular weight excluding hydrogens is 1000 g/mol. The Bertz CT molecular complexity index is 2070. The van der Waals surface area contributed by atoms with Crippen molar-refractivity contribution in [1.29, 1.82) is 0 Å². The van der Waals surface area contributed by atoms with Gasteiger partial charge in [0.05, 0.1) is 30.6 Å². The SMILES string of the molecule is CCC(C)CC(C)CCCCCCCCC(=O)N[C@H]1C[C@@H](N)[C@@H](NCCN)NC(=O)[C@@H]2[C@@H](O)CCN2C(=O)[C@H]([C@H](O)CCN)NC(=O)[C@H]([C@H](O)[C@@H](O)c2ccc(O)cc2)NC(=O)[C@@H]2C[C@@H](O)CN2C(=O)[C@H]([C@@H](C)O)NC1=O. The lowest BCUT2D eigenvalue weighted by molar-refractivity contribution is -0.148. The number of aliphatic hydroxyl groups excluding tert-OH is 6. The van der Waals surface area contributed by atoms with Crippen LogP contribution in [-0.4, -0.2) is 199 Å². The fraction of sp³-hybridized carbons (Fsp3) is 0.750. The molecular formula is C52H89N11O14. The predicted octanol–water partition coefficient (Wildman–Crippen LogP) is -3.35. The second-order valence-electron chi connectivity index (χ2n) is 21.4. The number of phenols is 1. The number of nitrogens with zero attached hydrogens (tertiary/aromatic N) is 2. The summed E-state index contributed by atoms with van der Waals surface area (Å²) in [4.78, 5) is 102. The zero-order valence-electron chi connectivity index (χ0n) is 45.1. The molecule has 25 nitrogen and oxygen atoms in total. The minimum atomic E-state index is -2.27. The van der Waals surface area contributed by atoms with E-state index in [4.69, 9.17) is 17.2 Å². The maximum absolute atomic E-state index is 14.6. The molecule has 16 atom stereocenters. The van der Waals surface area contributed by atoms with Crippen LogP contribution in [0.3, 0.4) is 0 Å². The molecule has 7 amide bonds. The van der Waals surface area contributed by atoms with Crippen LogP contribution in [0.2, 0.25) is 0 Å². The van der Waals surface area contributed by atoms with Gasteiger partial charge in [0.2, 0.25) is 41.4 Å². The van der Waals surface area contributed by atoms with Gasteiger partial charge in [-0.1, -0.05) is 77.8 Å². The molecule has 1 aromatic carbocycles. The standard InChI is InChI=1S/C52H89N11O14/c1-5-28(2)24-29(3)12-10-8-6-7-9-11-13-39(69)57-35-26-34(55)46(56-22-21-54)61-50(75)43-38(68)19-23-62(43)52(77)41(37(67)18-20-53)59-49(74)42(45(71)44(70)31-14-16-32(65)17-15-31)60-48(73)36-25-33(66)27-63(36)51(76)40(30(4)64)58-47(35)72/h14-17,28-30,33-38,40-46,56,64-68,70-71H,5-13,18-27,53-55H2,1-4H3,(H,57,69)(H,58,72)(H,59,74)(H,60,73)(H,61,75)/t28?,29?,30-,33-,34-,35+,36+,37-,38+,40+,41+,42+,43+,44+,45+,46+/m1/s1. The zero-order valence-corrected chi connectivity index (χ0v) is 45.1. The molecule has 0 spiro atoms. The van der Waals surface area contributed by atoms with Crippen molar-refractivity contribution < 1.29 is 69.3 Å². The van der Waals surface area contributed by atoms with Crippen molar-refractivity contribution in [2.24, 2.45) is 29.0 Å². The molecule has 3 aliphatic rings. The number of hydrogen-bond donors (Lipinski definition) is 16. The maximum atomic E-state index is 14.6. The van der Waals surface area contributed by atoms with E-state index < -0.39 is 146 Å². The molecule has 3 aliphatic heterocycles. The third kappa shape index (κ3) is 18.8. The molecule has 25 heteroatoms. The third-order valence-corrected chi connectivity index (χ3v) is 15.0. The Morgan fingerprint density at radius 1 is 0.740 bits per heavy atom. The van der Waals surface area contributed by atoms with Crippen LogP contribution in [0.5, 0.6) is 5.75 Å². The fourth-order valence-electron chi connectivity index (χ4n) is 10.3. The second-order valence-corrected chi connectivity index (χ2v) is 21.4. The van der Waals surface area contributed by atoms with Crippen molar-refractivity contribution in [1.82, 2.24) is 41.7 Å². The average Bonchev–Trinajstić information content (AvgIpc) is 3.99. The number of carbonyl (C=O) groups excluding carboxylic acids is 7. The van der Waals surface area contributed by atoms with Gasteiger partial charge in [-0.15, -0.1) is 0 Å². The summed E-state index contributed by atoms with van der Waals surface area (Å²) >= 11 is 0. The molecule has 3 saturated heterocycles. The van der Waals surface area contributed by atoms with Crippen LogP contribution >= 0.6 is 0 Å². The van der Waals surface area contributed by atoms with Gasteiger partial charge in [0, 0.05) is 45.1 Å². The Balaban J connectivity index is 1.73. The third-order valence-electron chi connectivity index (χ3n) is 15.0. The van der Waals surface area contributed by atoms with Crippen LogP contribution in [0, 0.1) is 11.8 Å². The smallest absolute Gasteiger partial charge is 0.248 e. The first kappa shape index (κ1) is 64.4. The summed E-state index contributed by atoms with van der Waals surface area (Å²) in [6, 6.07) is -7.34. The Morgan fingerprint density at radius 2 is 1.36 bits per heavy atom. The van der Waals surface area contributed by atoms with Crippen molar-refractivity contribution in [2.75, 3.05) is 32.7 Å². The second kappa shape index (κ2) is 31.5. The number of benzene rings is 1. The summed E-state index contributed by atoms with van der Waals surface area (Å²) in [5.41, 5.74) is 18.3. The van der Waals surface area contributed by atoms with E-state index in [-0.39, 0.29) is 56.8 Å². The summed E-state index contributed by atoms with van der Waals surface area (Å²) in [5.74, 6) is -6.10. The van der Waals surface area contributed by atoms with E-state index in [2.05, 4.69) is 52.7 Å². The molecule has 2 unspecified atom stereocenters. The fourth-order valence-corrected chi connectivity index (χ4v) is 10.3. The number of carbonyl (C=O) groups is 7. The van der Waals surface area contributed by atoms with Gasteiger partial charge in [-0.2, -0.15) is 0 Å². The summed E-state index contributed by atoms with van der Waals surface area (Å²) in [6.07, 6.45) is -4.37. The number of hydrogen-bond acceptors (Lipinski definition) is 18. The minimum absolute atomic E-state index is 0.0151. The van der Waals surface area contributed by atoms with Crippen molar-refractivity contribution in [3.8, 4) is 5.75 Å². The molecule has 77 heavy (non-hydrogen) atoms. The molecule has 0 aromatic heterocycles.